The topological polar surface area (TPSA) is 67.7 Å². The van der Waals surface area contributed by atoms with Gasteiger partial charge in [0.1, 0.15) is 11.3 Å². The highest BCUT2D eigenvalue weighted by atomic mass is 35.5. The van der Waals surface area contributed by atoms with Crippen LogP contribution in [0, 0.1) is 5.92 Å². The van der Waals surface area contributed by atoms with Crippen molar-refractivity contribution in [3.8, 4) is 5.75 Å². The van der Waals surface area contributed by atoms with Crippen LogP contribution >= 0.6 is 11.6 Å². The molecule has 3 N–H and O–H groups in total. The third kappa shape index (κ3) is 2.83. The number of hydrogen-bond acceptors (Lipinski definition) is 2. The lowest BCUT2D eigenvalue weighted by atomic mass is 9.82. The van der Waals surface area contributed by atoms with E-state index >= 15 is 0 Å². The normalized spacial score (nSPS) is 17.2. The molecule has 0 radical (unpaired) electrons. The molecule has 7 heteroatoms. The zero-order chi connectivity index (χ0) is 15.9. The van der Waals surface area contributed by atoms with Crippen molar-refractivity contribution in [2.45, 2.75) is 18.8 Å². The molecule has 1 aromatic heterocycles. The van der Waals surface area contributed by atoms with Crippen LogP contribution in [0.5, 0.6) is 5.75 Å². The Kier molecular flexibility index (Phi) is 3.64. The van der Waals surface area contributed by atoms with Gasteiger partial charge in [-0.25, -0.2) is 8.78 Å². The van der Waals surface area contributed by atoms with Gasteiger partial charge in [0.05, 0.1) is 17.1 Å². The molecule has 1 aromatic carbocycles. The molecule has 1 saturated carbocycles. The zero-order valence-electron chi connectivity index (χ0n) is 11.5. The predicted octanol–water partition coefficient (Wildman–Crippen LogP) is 1.78. The van der Waals surface area contributed by atoms with Crippen LogP contribution in [0.15, 0.2) is 23.0 Å². The van der Waals surface area contributed by atoms with Crippen LogP contribution < -0.4 is 15.7 Å². The second kappa shape index (κ2) is 5.35. The summed E-state index contributed by atoms with van der Waals surface area (Å²) in [4.78, 5) is 14.4. The van der Waals surface area contributed by atoms with Gasteiger partial charge >= 0.3 is 0 Å². The minimum Gasteiger partial charge on any atom is -0.492 e. The van der Waals surface area contributed by atoms with E-state index in [1.807, 2.05) is 0 Å². The number of aromatic amines is 1. The first kappa shape index (κ1) is 15.0. The average molecular weight is 328 g/mol. The van der Waals surface area contributed by atoms with Gasteiger partial charge in [-0.05, 0) is 12.1 Å². The number of fused-ring (bicyclic) bond motifs is 1. The highest BCUT2D eigenvalue weighted by molar-refractivity contribution is 6.32. The van der Waals surface area contributed by atoms with Crippen LogP contribution in [0.3, 0.4) is 0 Å². The molecule has 0 atom stereocenters. The van der Waals surface area contributed by atoms with E-state index in [1.54, 1.807) is 18.2 Å². The SMILES string of the molecule is [NH2+]=Cc1cc2cc(Cl)c(OCC3CC(F)(F)C3)cc2[nH]c1=O. The summed E-state index contributed by atoms with van der Waals surface area (Å²) in [6.07, 6.45) is 0.892. The molecule has 1 aliphatic carbocycles. The molecule has 116 valence electrons. The molecular formula is C15H14ClF2N2O2+. The Bertz CT molecular complexity index is 796. The van der Waals surface area contributed by atoms with Crippen molar-refractivity contribution >= 4 is 28.7 Å². The summed E-state index contributed by atoms with van der Waals surface area (Å²) in [7, 11) is 0. The maximum Gasteiger partial charge on any atom is 0.261 e. The van der Waals surface area contributed by atoms with E-state index in [9.17, 15) is 13.6 Å². The fourth-order valence-corrected chi connectivity index (χ4v) is 2.80. The van der Waals surface area contributed by atoms with Gasteiger partial charge < -0.3 is 9.72 Å². The fraction of sp³-hybridized carbons (Fsp3) is 0.333. The highest BCUT2D eigenvalue weighted by Gasteiger charge is 2.45. The Morgan fingerprint density at radius 2 is 2.14 bits per heavy atom. The molecule has 3 rings (SSSR count). The Morgan fingerprint density at radius 1 is 1.41 bits per heavy atom. The standard InChI is InChI=1S/C15H13ClF2N2O2/c16-11-2-9-1-10(6-19)14(21)20-12(9)3-13(11)22-7-8-4-15(17,18)5-8/h1-3,6,8,19H,4-5,7H2,(H,20,21)/p+1. The average Bonchev–Trinajstić information content (AvgIpc) is 2.42. The smallest absolute Gasteiger partial charge is 0.261 e. The lowest BCUT2D eigenvalue weighted by Gasteiger charge is -2.34. The summed E-state index contributed by atoms with van der Waals surface area (Å²) < 4.78 is 31.1. The van der Waals surface area contributed by atoms with E-state index in [0.29, 0.717) is 27.2 Å². The van der Waals surface area contributed by atoms with Gasteiger partial charge in [0, 0.05) is 30.2 Å². The molecule has 0 spiro atoms. The number of benzene rings is 1. The van der Waals surface area contributed by atoms with E-state index in [1.165, 1.54) is 6.21 Å². The monoisotopic (exact) mass is 327 g/mol. The summed E-state index contributed by atoms with van der Waals surface area (Å²) in [6, 6.07) is 4.86. The summed E-state index contributed by atoms with van der Waals surface area (Å²) in [5.74, 6) is -2.37. The largest absolute Gasteiger partial charge is 0.492 e. The van der Waals surface area contributed by atoms with Gasteiger partial charge in [0.15, 0.2) is 6.21 Å². The Balaban J connectivity index is 1.83. The number of nitrogens with one attached hydrogen (secondary N) is 1. The van der Waals surface area contributed by atoms with E-state index in [0.717, 1.165) is 0 Å². The molecule has 2 aromatic rings. The van der Waals surface area contributed by atoms with Crippen LogP contribution in [-0.4, -0.2) is 23.7 Å². The number of ether oxygens (including phenoxy) is 1. The minimum absolute atomic E-state index is 0.162. The number of alkyl halides is 2. The summed E-state index contributed by atoms with van der Waals surface area (Å²) in [5.41, 5.74) is 0.574. The van der Waals surface area contributed by atoms with Crippen LogP contribution in [0.2, 0.25) is 5.02 Å². The lowest BCUT2D eigenvalue weighted by molar-refractivity contribution is -0.119. The van der Waals surface area contributed by atoms with Crippen molar-refractivity contribution in [1.82, 2.24) is 4.98 Å². The van der Waals surface area contributed by atoms with Crippen molar-refractivity contribution < 1.29 is 18.9 Å². The molecule has 1 fully saturated rings. The Morgan fingerprint density at radius 3 is 2.77 bits per heavy atom. The van der Waals surface area contributed by atoms with Crippen LogP contribution in [0.1, 0.15) is 18.4 Å². The van der Waals surface area contributed by atoms with Crippen molar-refractivity contribution in [3.63, 3.8) is 0 Å². The number of hydrogen-bond donors (Lipinski definition) is 2. The molecule has 0 bridgehead atoms. The fourth-order valence-electron chi connectivity index (χ4n) is 2.57. The molecular weight excluding hydrogens is 314 g/mol. The van der Waals surface area contributed by atoms with Gasteiger partial charge in [-0.2, -0.15) is 0 Å². The molecule has 0 aliphatic heterocycles. The highest BCUT2D eigenvalue weighted by Crippen LogP contribution is 2.42. The molecule has 22 heavy (non-hydrogen) atoms. The Hall–Kier alpha value is -1.95. The number of aromatic nitrogens is 1. The van der Waals surface area contributed by atoms with Gasteiger partial charge in [0.2, 0.25) is 5.92 Å². The van der Waals surface area contributed by atoms with Gasteiger partial charge in [-0.3, -0.25) is 10.2 Å². The zero-order valence-corrected chi connectivity index (χ0v) is 12.3. The van der Waals surface area contributed by atoms with Crippen molar-refractivity contribution in [2.24, 2.45) is 5.92 Å². The van der Waals surface area contributed by atoms with Crippen LogP contribution in [0.25, 0.3) is 10.9 Å². The molecule has 0 unspecified atom stereocenters. The van der Waals surface area contributed by atoms with Gasteiger partial charge in [-0.1, -0.05) is 11.6 Å². The number of halogens is 3. The van der Waals surface area contributed by atoms with Crippen molar-refractivity contribution in [2.75, 3.05) is 6.61 Å². The number of H-pyrrole nitrogens is 1. The van der Waals surface area contributed by atoms with Crippen molar-refractivity contribution in [3.05, 3.63) is 39.1 Å². The van der Waals surface area contributed by atoms with E-state index in [2.05, 4.69) is 4.98 Å². The van der Waals surface area contributed by atoms with Crippen LogP contribution in [-0.2, 0) is 0 Å². The lowest BCUT2D eigenvalue weighted by Crippen LogP contribution is -2.38. The Labute approximate surface area is 129 Å². The summed E-state index contributed by atoms with van der Waals surface area (Å²) in [6.45, 7) is 0.180. The second-order valence-electron chi connectivity index (χ2n) is 5.53. The molecule has 1 heterocycles. The second-order valence-corrected chi connectivity index (χ2v) is 5.94. The molecule has 0 saturated heterocycles. The first-order valence-electron chi connectivity index (χ1n) is 6.80. The summed E-state index contributed by atoms with van der Waals surface area (Å²) >= 11 is 6.13. The molecule has 1 aliphatic rings. The van der Waals surface area contributed by atoms with E-state index < -0.39 is 5.92 Å². The molecule has 4 nitrogen and oxygen atoms in total. The first-order valence-corrected chi connectivity index (χ1v) is 7.18. The van der Waals surface area contributed by atoms with Gasteiger partial charge in [-0.15, -0.1) is 0 Å². The maximum absolute atomic E-state index is 12.8. The molecule has 0 amide bonds. The number of pyridine rings is 1. The first-order chi connectivity index (χ1) is 10.4. The summed E-state index contributed by atoms with van der Waals surface area (Å²) in [5, 5.41) is 6.44. The van der Waals surface area contributed by atoms with Gasteiger partial charge in [0.25, 0.3) is 5.56 Å². The quantitative estimate of drug-likeness (QED) is 0.841. The van der Waals surface area contributed by atoms with E-state index in [-0.39, 0.29) is 30.9 Å². The van der Waals surface area contributed by atoms with Crippen LogP contribution in [0.4, 0.5) is 8.78 Å². The third-order valence-electron chi connectivity index (χ3n) is 3.75. The van der Waals surface area contributed by atoms with E-state index in [4.69, 9.17) is 21.7 Å². The minimum atomic E-state index is -2.57. The maximum atomic E-state index is 12.8. The number of rotatable bonds is 4. The third-order valence-corrected chi connectivity index (χ3v) is 4.05. The number of nitrogens with two attached hydrogens (primary N) is 1. The van der Waals surface area contributed by atoms with Crippen molar-refractivity contribution in [1.29, 1.82) is 0 Å². The predicted molar refractivity (Wildman–Crippen MR) is 79.8 cm³/mol.